The van der Waals surface area contributed by atoms with Crippen molar-refractivity contribution in [2.24, 2.45) is 0 Å². The Bertz CT molecular complexity index is 565. The fourth-order valence-electron chi connectivity index (χ4n) is 2.10. The molecule has 2 rings (SSSR count). The van der Waals surface area contributed by atoms with Crippen molar-refractivity contribution in [3.8, 4) is 0 Å². The van der Waals surface area contributed by atoms with Gasteiger partial charge in [-0.25, -0.2) is 0 Å². The number of aromatic nitrogens is 2. The van der Waals surface area contributed by atoms with Crippen LogP contribution in [0.1, 0.15) is 43.1 Å². The molecule has 4 nitrogen and oxygen atoms in total. The zero-order chi connectivity index (χ0) is 15.3. The molecule has 0 aliphatic carbocycles. The molecule has 0 fully saturated rings. The molecule has 21 heavy (non-hydrogen) atoms. The highest BCUT2D eigenvalue weighted by Gasteiger charge is 2.14. The van der Waals surface area contributed by atoms with Crippen LogP contribution in [0.5, 0.6) is 0 Å². The summed E-state index contributed by atoms with van der Waals surface area (Å²) >= 11 is 0. The van der Waals surface area contributed by atoms with E-state index in [0.717, 1.165) is 13.0 Å². The lowest BCUT2D eigenvalue weighted by molar-refractivity contribution is 0.0952. The first-order valence-electron chi connectivity index (χ1n) is 7.33. The number of benzene rings is 1. The molecule has 0 bridgehead atoms. The predicted molar refractivity (Wildman–Crippen MR) is 84.3 cm³/mol. The van der Waals surface area contributed by atoms with Gasteiger partial charge in [0.25, 0.3) is 5.91 Å². The molecule has 1 N–H and O–H groups in total. The van der Waals surface area contributed by atoms with Gasteiger partial charge in [-0.3, -0.25) is 9.48 Å². The minimum absolute atomic E-state index is 0.0177. The molecule has 4 heteroatoms. The first-order valence-corrected chi connectivity index (χ1v) is 7.33. The Morgan fingerprint density at radius 1 is 1.24 bits per heavy atom. The number of nitrogens with one attached hydrogen (secondary N) is 1. The Labute approximate surface area is 126 Å². The third-order valence-electron chi connectivity index (χ3n) is 3.42. The Hall–Kier alpha value is -2.10. The maximum absolute atomic E-state index is 12.0. The van der Waals surface area contributed by atoms with Crippen LogP contribution in [-0.2, 0) is 12.0 Å². The molecular weight excluding hydrogens is 262 g/mol. The SMILES string of the molecule is CC(C)(C)c1ccc(C(=O)NCCCn2cccn2)cc1. The molecule has 2 aromatic rings. The summed E-state index contributed by atoms with van der Waals surface area (Å²) in [6.07, 6.45) is 4.55. The fourth-order valence-corrected chi connectivity index (χ4v) is 2.10. The number of nitrogens with zero attached hydrogens (tertiary/aromatic N) is 2. The van der Waals surface area contributed by atoms with E-state index in [1.807, 2.05) is 41.2 Å². The van der Waals surface area contributed by atoms with Gasteiger partial charge in [0.2, 0.25) is 0 Å². The van der Waals surface area contributed by atoms with Crippen LogP contribution in [0.4, 0.5) is 0 Å². The van der Waals surface area contributed by atoms with E-state index in [1.54, 1.807) is 6.20 Å². The standard InChI is InChI=1S/C17H23N3O/c1-17(2,3)15-8-6-14(7-9-15)16(21)18-10-4-12-20-13-5-11-19-20/h5-9,11,13H,4,10,12H2,1-3H3,(H,18,21). The van der Waals surface area contributed by atoms with Crippen LogP contribution in [0, 0.1) is 0 Å². The van der Waals surface area contributed by atoms with Crippen LogP contribution in [0.15, 0.2) is 42.7 Å². The third-order valence-corrected chi connectivity index (χ3v) is 3.42. The highest BCUT2D eigenvalue weighted by molar-refractivity contribution is 5.94. The highest BCUT2D eigenvalue weighted by atomic mass is 16.1. The van der Waals surface area contributed by atoms with Crippen molar-refractivity contribution >= 4 is 5.91 Å². The molecule has 0 unspecified atom stereocenters. The summed E-state index contributed by atoms with van der Waals surface area (Å²) in [5.74, 6) is -0.0177. The number of aryl methyl sites for hydroxylation is 1. The molecule has 0 atom stereocenters. The number of hydrogen-bond donors (Lipinski definition) is 1. The number of carbonyl (C=O) groups excluding carboxylic acids is 1. The van der Waals surface area contributed by atoms with E-state index >= 15 is 0 Å². The van der Waals surface area contributed by atoms with Crippen molar-refractivity contribution in [2.75, 3.05) is 6.54 Å². The molecule has 0 aliphatic heterocycles. The van der Waals surface area contributed by atoms with Gasteiger partial charge in [-0.1, -0.05) is 32.9 Å². The zero-order valence-corrected chi connectivity index (χ0v) is 13.0. The molecule has 1 heterocycles. The van der Waals surface area contributed by atoms with E-state index in [1.165, 1.54) is 5.56 Å². The second-order valence-corrected chi connectivity index (χ2v) is 6.21. The second kappa shape index (κ2) is 6.57. The number of amides is 1. The Morgan fingerprint density at radius 3 is 2.52 bits per heavy atom. The van der Waals surface area contributed by atoms with Gasteiger partial charge in [0.1, 0.15) is 0 Å². The maximum atomic E-state index is 12.0. The Morgan fingerprint density at radius 2 is 1.95 bits per heavy atom. The normalized spacial score (nSPS) is 11.4. The smallest absolute Gasteiger partial charge is 0.251 e. The van der Waals surface area contributed by atoms with Crippen molar-refractivity contribution in [1.29, 1.82) is 0 Å². The third kappa shape index (κ3) is 4.45. The van der Waals surface area contributed by atoms with Gasteiger partial charge in [-0.15, -0.1) is 0 Å². The lowest BCUT2D eigenvalue weighted by Gasteiger charge is -2.19. The quantitative estimate of drug-likeness (QED) is 0.858. The molecule has 1 amide bonds. The number of hydrogen-bond acceptors (Lipinski definition) is 2. The summed E-state index contributed by atoms with van der Waals surface area (Å²) in [6.45, 7) is 7.96. The van der Waals surface area contributed by atoms with E-state index in [0.29, 0.717) is 12.1 Å². The van der Waals surface area contributed by atoms with Crippen LogP contribution in [-0.4, -0.2) is 22.2 Å². The minimum Gasteiger partial charge on any atom is -0.352 e. The molecule has 0 spiro atoms. The van der Waals surface area contributed by atoms with E-state index in [2.05, 4.69) is 31.2 Å². The van der Waals surface area contributed by atoms with Crippen molar-refractivity contribution in [3.63, 3.8) is 0 Å². The molecule has 0 saturated heterocycles. The van der Waals surface area contributed by atoms with Crippen molar-refractivity contribution in [2.45, 2.75) is 39.2 Å². The van der Waals surface area contributed by atoms with E-state index < -0.39 is 0 Å². The number of carbonyl (C=O) groups is 1. The van der Waals surface area contributed by atoms with Gasteiger partial charge in [-0.2, -0.15) is 5.10 Å². The van der Waals surface area contributed by atoms with Crippen molar-refractivity contribution in [3.05, 3.63) is 53.9 Å². The monoisotopic (exact) mass is 285 g/mol. The highest BCUT2D eigenvalue weighted by Crippen LogP contribution is 2.22. The Kier molecular flexibility index (Phi) is 4.78. The zero-order valence-electron chi connectivity index (χ0n) is 13.0. The first kappa shape index (κ1) is 15.3. The van der Waals surface area contributed by atoms with Gasteiger partial charge in [-0.05, 0) is 35.6 Å². The van der Waals surface area contributed by atoms with Gasteiger partial charge >= 0.3 is 0 Å². The lowest BCUT2D eigenvalue weighted by atomic mass is 9.87. The molecule has 0 saturated carbocycles. The maximum Gasteiger partial charge on any atom is 0.251 e. The predicted octanol–water partition coefficient (Wildman–Crippen LogP) is 3.00. The van der Waals surface area contributed by atoms with Gasteiger partial charge in [0, 0.05) is 31.0 Å². The summed E-state index contributed by atoms with van der Waals surface area (Å²) in [4.78, 5) is 12.0. The molecule has 0 radical (unpaired) electrons. The summed E-state index contributed by atoms with van der Waals surface area (Å²) in [5, 5.41) is 7.07. The van der Waals surface area contributed by atoms with E-state index in [-0.39, 0.29) is 11.3 Å². The van der Waals surface area contributed by atoms with Crippen molar-refractivity contribution < 1.29 is 4.79 Å². The number of rotatable bonds is 5. The van der Waals surface area contributed by atoms with Gasteiger partial charge in [0.05, 0.1) is 0 Å². The molecule has 112 valence electrons. The van der Waals surface area contributed by atoms with Crippen LogP contribution < -0.4 is 5.32 Å². The van der Waals surface area contributed by atoms with E-state index in [4.69, 9.17) is 0 Å². The molecule has 1 aromatic carbocycles. The summed E-state index contributed by atoms with van der Waals surface area (Å²) in [7, 11) is 0. The summed E-state index contributed by atoms with van der Waals surface area (Å²) in [5.41, 5.74) is 2.05. The first-order chi connectivity index (χ1) is 9.97. The molecule has 1 aromatic heterocycles. The van der Waals surface area contributed by atoms with E-state index in [9.17, 15) is 4.79 Å². The van der Waals surface area contributed by atoms with Crippen molar-refractivity contribution in [1.82, 2.24) is 15.1 Å². The van der Waals surface area contributed by atoms with Crippen LogP contribution >= 0.6 is 0 Å². The molecule has 0 aliphatic rings. The fraction of sp³-hybridized carbons (Fsp3) is 0.412. The average molecular weight is 285 g/mol. The lowest BCUT2D eigenvalue weighted by Crippen LogP contribution is -2.25. The summed E-state index contributed by atoms with van der Waals surface area (Å²) in [6, 6.07) is 9.74. The van der Waals surface area contributed by atoms with Crippen LogP contribution in [0.2, 0.25) is 0 Å². The van der Waals surface area contributed by atoms with Crippen LogP contribution in [0.3, 0.4) is 0 Å². The second-order valence-electron chi connectivity index (χ2n) is 6.21. The average Bonchev–Trinajstić information content (AvgIpc) is 2.96. The largest absolute Gasteiger partial charge is 0.352 e. The minimum atomic E-state index is -0.0177. The topological polar surface area (TPSA) is 46.9 Å². The summed E-state index contributed by atoms with van der Waals surface area (Å²) < 4.78 is 1.87. The van der Waals surface area contributed by atoms with Gasteiger partial charge in [0.15, 0.2) is 0 Å². The molecular formula is C17H23N3O. The Balaban J connectivity index is 1.80. The van der Waals surface area contributed by atoms with Crippen LogP contribution in [0.25, 0.3) is 0 Å². The van der Waals surface area contributed by atoms with Gasteiger partial charge < -0.3 is 5.32 Å².